The van der Waals surface area contributed by atoms with E-state index in [0.717, 1.165) is 44.3 Å². The fraction of sp³-hybridized carbons (Fsp3) is 0.938. The third-order valence-electron chi connectivity index (χ3n) is 4.88. The lowest BCUT2D eigenvalue weighted by Gasteiger charge is -2.27. The molecule has 0 spiro atoms. The van der Waals surface area contributed by atoms with E-state index in [4.69, 9.17) is 0 Å². The summed E-state index contributed by atoms with van der Waals surface area (Å²) < 4.78 is 0. The topological polar surface area (TPSA) is 32.3 Å². The molecule has 1 saturated heterocycles. The number of carbonyl (C=O) groups excluding carboxylic acids is 1. The molecule has 2 rings (SSSR count). The number of likely N-dealkylation sites (tertiary alicyclic amines) is 1. The molecule has 0 aromatic heterocycles. The summed E-state index contributed by atoms with van der Waals surface area (Å²) in [6.45, 7) is 7.43. The van der Waals surface area contributed by atoms with E-state index in [1.165, 1.54) is 32.1 Å². The molecular formula is C16H30N2O. The summed E-state index contributed by atoms with van der Waals surface area (Å²) in [5.74, 6) is 2.14. The van der Waals surface area contributed by atoms with Crippen LogP contribution in [0.5, 0.6) is 0 Å². The quantitative estimate of drug-likeness (QED) is 0.802. The van der Waals surface area contributed by atoms with Crippen LogP contribution >= 0.6 is 0 Å². The molecule has 1 unspecified atom stereocenters. The molecule has 1 atom stereocenters. The Bertz CT molecular complexity index is 284. The van der Waals surface area contributed by atoms with Gasteiger partial charge in [0.1, 0.15) is 0 Å². The molecule has 0 aromatic rings. The average Bonchev–Trinajstić information content (AvgIpc) is 2.77. The van der Waals surface area contributed by atoms with E-state index in [9.17, 15) is 4.79 Å². The van der Waals surface area contributed by atoms with Crippen molar-refractivity contribution >= 4 is 5.91 Å². The van der Waals surface area contributed by atoms with Crippen molar-refractivity contribution < 1.29 is 4.79 Å². The summed E-state index contributed by atoms with van der Waals surface area (Å²) in [7, 11) is 0. The zero-order chi connectivity index (χ0) is 13.7. The van der Waals surface area contributed by atoms with Crippen LogP contribution in [-0.2, 0) is 4.79 Å². The number of hydrogen-bond acceptors (Lipinski definition) is 2. The van der Waals surface area contributed by atoms with Crippen LogP contribution in [0.1, 0.15) is 58.8 Å². The zero-order valence-corrected chi connectivity index (χ0v) is 12.7. The fourth-order valence-electron chi connectivity index (χ4n) is 3.43. The van der Waals surface area contributed by atoms with E-state index in [1.807, 2.05) is 0 Å². The molecule has 1 N–H and O–H groups in total. The molecule has 1 aliphatic carbocycles. The Kier molecular flexibility index (Phi) is 5.68. The van der Waals surface area contributed by atoms with Crippen molar-refractivity contribution in [2.75, 3.05) is 19.6 Å². The van der Waals surface area contributed by atoms with Gasteiger partial charge in [0, 0.05) is 13.1 Å². The summed E-state index contributed by atoms with van der Waals surface area (Å²) in [5.41, 5.74) is 0. The number of hydrogen-bond donors (Lipinski definition) is 1. The Hall–Kier alpha value is -0.570. The minimum atomic E-state index is 0.103. The van der Waals surface area contributed by atoms with Crippen LogP contribution in [0.2, 0.25) is 0 Å². The van der Waals surface area contributed by atoms with Crippen LogP contribution in [-0.4, -0.2) is 36.5 Å². The standard InChI is InChI=1S/C16H30N2O/c1-3-10-17-15-9-12-18(16(15)19)11-8-14-6-4-13(2)5-7-14/h13-15,17H,3-12H2,1-2H3. The molecule has 1 amide bonds. The Balaban J connectivity index is 1.68. The van der Waals surface area contributed by atoms with Crippen LogP contribution in [0.15, 0.2) is 0 Å². The smallest absolute Gasteiger partial charge is 0.239 e. The molecule has 0 aromatic carbocycles. The van der Waals surface area contributed by atoms with Crippen molar-refractivity contribution in [3.8, 4) is 0 Å². The van der Waals surface area contributed by atoms with Crippen molar-refractivity contribution in [3.63, 3.8) is 0 Å². The van der Waals surface area contributed by atoms with Crippen LogP contribution in [0, 0.1) is 11.8 Å². The van der Waals surface area contributed by atoms with Crippen LogP contribution in [0.4, 0.5) is 0 Å². The molecule has 2 aliphatic rings. The average molecular weight is 266 g/mol. The van der Waals surface area contributed by atoms with Gasteiger partial charge in [0.15, 0.2) is 0 Å². The first-order valence-electron chi connectivity index (χ1n) is 8.23. The summed E-state index contributed by atoms with van der Waals surface area (Å²) >= 11 is 0. The molecule has 2 fully saturated rings. The normalized spacial score (nSPS) is 32.0. The fourth-order valence-corrected chi connectivity index (χ4v) is 3.43. The maximum atomic E-state index is 12.2. The third-order valence-corrected chi connectivity index (χ3v) is 4.88. The summed E-state index contributed by atoms with van der Waals surface area (Å²) in [6, 6.07) is 0.103. The molecule has 0 radical (unpaired) electrons. The molecule has 3 nitrogen and oxygen atoms in total. The van der Waals surface area contributed by atoms with Crippen molar-refractivity contribution in [3.05, 3.63) is 0 Å². The van der Waals surface area contributed by atoms with Crippen molar-refractivity contribution in [1.29, 1.82) is 0 Å². The minimum Gasteiger partial charge on any atom is -0.341 e. The number of nitrogens with zero attached hydrogens (tertiary/aromatic N) is 1. The van der Waals surface area contributed by atoms with E-state index >= 15 is 0 Å². The highest BCUT2D eigenvalue weighted by molar-refractivity contribution is 5.83. The predicted octanol–water partition coefficient (Wildman–Crippen LogP) is 2.80. The molecule has 1 heterocycles. The van der Waals surface area contributed by atoms with E-state index in [1.54, 1.807) is 0 Å². The number of amides is 1. The Morgan fingerprint density at radius 1 is 1.21 bits per heavy atom. The molecule has 1 aliphatic heterocycles. The first-order valence-corrected chi connectivity index (χ1v) is 8.23. The van der Waals surface area contributed by atoms with E-state index in [-0.39, 0.29) is 6.04 Å². The second kappa shape index (κ2) is 7.28. The van der Waals surface area contributed by atoms with Gasteiger partial charge in [0.25, 0.3) is 0 Å². The first-order chi connectivity index (χ1) is 9.20. The molecule has 19 heavy (non-hydrogen) atoms. The zero-order valence-electron chi connectivity index (χ0n) is 12.7. The highest BCUT2D eigenvalue weighted by Gasteiger charge is 2.31. The monoisotopic (exact) mass is 266 g/mol. The van der Waals surface area contributed by atoms with Gasteiger partial charge in [-0.05, 0) is 37.6 Å². The third kappa shape index (κ3) is 4.20. The van der Waals surface area contributed by atoms with Crippen molar-refractivity contribution in [2.45, 2.75) is 64.8 Å². The Morgan fingerprint density at radius 2 is 1.95 bits per heavy atom. The van der Waals surface area contributed by atoms with Crippen molar-refractivity contribution in [1.82, 2.24) is 10.2 Å². The lowest BCUT2D eigenvalue weighted by atomic mass is 9.81. The maximum Gasteiger partial charge on any atom is 0.239 e. The molecule has 3 heteroatoms. The Labute approximate surface area is 118 Å². The SMILES string of the molecule is CCCNC1CCN(CCC2CCC(C)CC2)C1=O. The van der Waals surface area contributed by atoms with Crippen LogP contribution in [0.3, 0.4) is 0 Å². The van der Waals surface area contributed by atoms with Gasteiger partial charge in [-0.25, -0.2) is 0 Å². The second-order valence-electron chi connectivity index (χ2n) is 6.54. The molecule has 1 saturated carbocycles. The Morgan fingerprint density at radius 3 is 2.63 bits per heavy atom. The highest BCUT2D eigenvalue weighted by Crippen LogP contribution is 2.30. The lowest BCUT2D eigenvalue weighted by Crippen LogP contribution is -2.39. The summed E-state index contributed by atoms with van der Waals surface area (Å²) in [5, 5.41) is 3.36. The van der Waals surface area contributed by atoms with Gasteiger partial charge >= 0.3 is 0 Å². The largest absolute Gasteiger partial charge is 0.341 e. The van der Waals surface area contributed by atoms with Gasteiger partial charge in [-0.15, -0.1) is 0 Å². The van der Waals surface area contributed by atoms with E-state index < -0.39 is 0 Å². The second-order valence-corrected chi connectivity index (χ2v) is 6.54. The number of carbonyl (C=O) groups is 1. The predicted molar refractivity (Wildman–Crippen MR) is 79.0 cm³/mol. The summed E-state index contributed by atoms with van der Waals surface area (Å²) in [6.07, 6.45) is 8.85. The van der Waals surface area contributed by atoms with Gasteiger partial charge in [0.05, 0.1) is 6.04 Å². The van der Waals surface area contributed by atoms with E-state index in [2.05, 4.69) is 24.1 Å². The lowest BCUT2D eigenvalue weighted by molar-refractivity contribution is -0.129. The van der Waals surface area contributed by atoms with Gasteiger partial charge in [-0.3, -0.25) is 4.79 Å². The van der Waals surface area contributed by atoms with Gasteiger partial charge in [-0.2, -0.15) is 0 Å². The highest BCUT2D eigenvalue weighted by atomic mass is 16.2. The van der Waals surface area contributed by atoms with Gasteiger partial charge in [0.2, 0.25) is 5.91 Å². The minimum absolute atomic E-state index is 0.103. The molecular weight excluding hydrogens is 236 g/mol. The first kappa shape index (κ1) is 14.8. The number of rotatable bonds is 6. The van der Waals surface area contributed by atoms with Gasteiger partial charge < -0.3 is 10.2 Å². The molecule has 110 valence electrons. The van der Waals surface area contributed by atoms with E-state index in [0.29, 0.717) is 5.91 Å². The van der Waals surface area contributed by atoms with Crippen LogP contribution < -0.4 is 5.32 Å². The maximum absolute atomic E-state index is 12.2. The van der Waals surface area contributed by atoms with Gasteiger partial charge in [-0.1, -0.05) is 39.5 Å². The number of nitrogens with one attached hydrogen (secondary N) is 1. The van der Waals surface area contributed by atoms with Crippen molar-refractivity contribution in [2.24, 2.45) is 11.8 Å². The summed E-state index contributed by atoms with van der Waals surface area (Å²) in [4.78, 5) is 14.3. The van der Waals surface area contributed by atoms with Crippen LogP contribution in [0.25, 0.3) is 0 Å². The molecule has 0 bridgehead atoms.